The van der Waals surface area contributed by atoms with Gasteiger partial charge in [-0.2, -0.15) is 4.72 Å². The molecule has 1 atom stereocenters. The lowest BCUT2D eigenvalue weighted by molar-refractivity contribution is -0.144. The molecule has 0 radical (unpaired) electrons. The molecular weight excluding hydrogens is 278 g/mol. The van der Waals surface area contributed by atoms with Crippen molar-refractivity contribution in [2.75, 3.05) is 25.6 Å². The molecule has 2 N–H and O–H groups in total. The van der Waals surface area contributed by atoms with Crippen molar-refractivity contribution in [3.63, 3.8) is 0 Å². The molecule has 0 aliphatic carbocycles. The normalized spacial score (nSPS) is 23.2. The third-order valence-corrected chi connectivity index (χ3v) is 4.11. The Balaban J connectivity index is 2.63. The molecule has 19 heavy (non-hydrogen) atoms. The van der Waals surface area contributed by atoms with Crippen molar-refractivity contribution in [1.82, 2.24) is 4.72 Å². The van der Waals surface area contributed by atoms with Gasteiger partial charge >= 0.3 is 11.9 Å². The highest BCUT2D eigenvalue weighted by Crippen LogP contribution is 2.20. The molecule has 0 saturated carbocycles. The van der Waals surface area contributed by atoms with E-state index in [-0.39, 0.29) is 32.7 Å². The molecule has 0 bridgehead atoms. The van der Waals surface area contributed by atoms with Crippen molar-refractivity contribution in [1.29, 1.82) is 0 Å². The summed E-state index contributed by atoms with van der Waals surface area (Å²) >= 11 is 0. The summed E-state index contributed by atoms with van der Waals surface area (Å²) in [6, 6.07) is 0. The molecule has 1 unspecified atom stereocenters. The number of carboxylic acids is 1. The van der Waals surface area contributed by atoms with Gasteiger partial charge in [-0.3, -0.25) is 9.59 Å². The molecule has 110 valence electrons. The van der Waals surface area contributed by atoms with Crippen LogP contribution >= 0.6 is 0 Å². The number of carbonyl (C=O) groups is 2. The van der Waals surface area contributed by atoms with Crippen LogP contribution in [0.4, 0.5) is 0 Å². The van der Waals surface area contributed by atoms with Crippen molar-refractivity contribution in [3.05, 3.63) is 0 Å². The summed E-state index contributed by atoms with van der Waals surface area (Å²) in [6.07, 6.45) is -0.263. The minimum Gasteiger partial charge on any atom is -0.480 e. The van der Waals surface area contributed by atoms with E-state index < -0.39 is 33.3 Å². The minimum absolute atomic E-state index is 0.0565. The largest absolute Gasteiger partial charge is 0.480 e. The zero-order valence-electron chi connectivity index (χ0n) is 10.5. The van der Waals surface area contributed by atoms with Crippen LogP contribution in [-0.2, 0) is 29.1 Å². The first-order valence-corrected chi connectivity index (χ1v) is 7.45. The van der Waals surface area contributed by atoms with E-state index in [2.05, 4.69) is 9.46 Å². The fraction of sp³-hybridized carbons (Fsp3) is 0.800. The summed E-state index contributed by atoms with van der Waals surface area (Å²) < 4.78 is 35.2. The van der Waals surface area contributed by atoms with Gasteiger partial charge in [0.2, 0.25) is 10.0 Å². The summed E-state index contributed by atoms with van der Waals surface area (Å²) in [7, 11) is -3.89. The van der Waals surface area contributed by atoms with E-state index in [9.17, 15) is 18.0 Å². The number of hydrogen-bond acceptors (Lipinski definition) is 6. The third kappa shape index (κ3) is 4.44. The first-order valence-electron chi connectivity index (χ1n) is 5.80. The summed E-state index contributed by atoms with van der Waals surface area (Å²) in [5.74, 6) is -2.44. The molecule has 0 aromatic rings. The molecule has 9 heteroatoms. The number of carboxylic acid groups (broad SMARTS) is 1. The van der Waals surface area contributed by atoms with Crippen molar-refractivity contribution in [2.45, 2.75) is 25.3 Å². The van der Waals surface area contributed by atoms with E-state index in [1.807, 2.05) is 0 Å². The number of nitrogens with one attached hydrogen (secondary N) is 1. The van der Waals surface area contributed by atoms with Crippen LogP contribution in [0.15, 0.2) is 0 Å². The molecule has 1 heterocycles. The first-order chi connectivity index (χ1) is 8.81. The fourth-order valence-electron chi connectivity index (χ4n) is 1.66. The Bertz CT molecular complexity index is 439. The Kier molecular flexibility index (Phi) is 5.27. The number of ether oxygens (including phenoxy) is 2. The molecule has 1 aliphatic heterocycles. The van der Waals surface area contributed by atoms with Crippen LogP contribution in [0.5, 0.6) is 0 Å². The predicted octanol–water partition coefficient (Wildman–Crippen LogP) is -0.897. The van der Waals surface area contributed by atoms with Gasteiger partial charge in [-0.25, -0.2) is 8.42 Å². The SMILES string of the molecule is CCOC(=O)CCS(=O)(=O)NC1(C(=O)O)CCOC1. The molecule has 0 amide bonds. The van der Waals surface area contributed by atoms with Gasteiger partial charge in [0.05, 0.1) is 25.4 Å². The Labute approximate surface area is 111 Å². The monoisotopic (exact) mass is 295 g/mol. The molecule has 1 rings (SSSR count). The molecule has 1 saturated heterocycles. The van der Waals surface area contributed by atoms with E-state index >= 15 is 0 Å². The highest BCUT2D eigenvalue weighted by Gasteiger charge is 2.45. The summed E-state index contributed by atoms with van der Waals surface area (Å²) in [4.78, 5) is 22.2. The number of aliphatic carboxylic acids is 1. The van der Waals surface area contributed by atoms with Gasteiger partial charge in [-0.1, -0.05) is 0 Å². The Morgan fingerprint density at radius 1 is 1.47 bits per heavy atom. The van der Waals surface area contributed by atoms with Crippen LogP contribution in [0.2, 0.25) is 0 Å². The summed E-state index contributed by atoms with van der Waals surface area (Å²) in [5.41, 5.74) is -1.63. The number of hydrogen-bond donors (Lipinski definition) is 2. The Morgan fingerprint density at radius 3 is 2.63 bits per heavy atom. The average molecular weight is 295 g/mol. The van der Waals surface area contributed by atoms with Gasteiger partial charge in [0.25, 0.3) is 0 Å². The predicted molar refractivity (Wildman–Crippen MR) is 64.0 cm³/mol. The second-order valence-electron chi connectivity index (χ2n) is 4.17. The topological polar surface area (TPSA) is 119 Å². The molecular formula is C10H17NO7S. The van der Waals surface area contributed by atoms with Crippen LogP contribution in [0.3, 0.4) is 0 Å². The van der Waals surface area contributed by atoms with E-state index in [4.69, 9.17) is 9.84 Å². The zero-order chi connectivity index (χ0) is 14.5. The van der Waals surface area contributed by atoms with Crippen LogP contribution in [0.25, 0.3) is 0 Å². The van der Waals surface area contributed by atoms with E-state index in [0.29, 0.717) is 0 Å². The molecule has 1 aliphatic rings. The number of sulfonamides is 1. The highest BCUT2D eigenvalue weighted by atomic mass is 32.2. The van der Waals surface area contributed by atoms with Gasteiger partial charge in [-0.15, -0.1) is 0 Å². The maximum atomic E-state index is 11.8. The van der Waals surface area contributed by atoms with Gasteiger partial charge in [-0.05, 0) is 6.92 Å². The average Bonchev–Trinajstić information content (AvgIpc) is 2.76. The smallest absolute Gasteiger partial charge is 0.327 e. The van der Waals surface area contributed by atoms with E-state index in [0.717, 1.165) is 0 Å². The summed E-state index contributed by atoms with van der Waals surface area (Å²) in [6.45, 7) is 1.73. The van der Waals surface area contributed by atoms with Gasteiger partial charge in [0.1, 0.15) is 0 Å². The van der Waals surface area contributed by atoms with Crippen molar-refractivity contribution < 1.29 is 32.6 Å². The minimum atomic E-state index is -3.89. The first kappa shape index (κ1) is 15.9. The van der Waals surface area contributed by atoms with Gasteiger partial charge in [0.15, 0.2) is 5.54 Å². The maximum Gasteiger partial charge on any atom is 0.327 e. The van der Waals surface area contributed by atoms with Crippen molar-refractivity contribution in [2.24, 2.45) is 0 Å². The lowest BCUT2D eigenvalue weighted by atomic mass is 10.0. The molecule has 0 spiro atoms. The zero-order valence-corrected chi connectivity index (χ0v) is 11.4. The number of esters is 1. The van der Waals surface area contributed by atoms with Crippen molar-refractivity contribution in [3.8, 4) is 0 Å². The quantitative estimate of drug-likeness (QED) is 0.584. The van der Waals surface area contributed by atoms with Crippen LogP contribution in [-0.4, -0.2) is 56.6 Å². The molecule has 1 fully saturated rings. The van der Waals surface area contributed by atoms with Crippen molar-refractivity contribution >= 4 is 22.0 Å². The number of rotatable bonds is 7. The fourth-order valence-corrected chi connectivity index (χ4v) is 3.04. The summed E-state index contributed by atoms with van der Waals surface area (Å²) in [5, 5.41) is 9.09. The Hall–Kier alpha value is -1.19. The van der Waals surface area contributed by atoms with E-state index in [1.165, 1.54) is 0 Å². The third-order valence-electron chi connectivity index (χ3n) is 2.66. The Morgan fingerprint density at radius 2 is 2.16 bits per heavy atom. The van der Waals surface area contributed by atoms with Crippen LogP contribution < -0.4 is 4.72 Å². The molecule has 0 aromatic carbocycles. The maximum absolute atomic E-state index is 11.8. The second kappa shape index (κ2) is 6.31. The van der Waals surface area contributed by atoms with Crippen LogP contribution in [0.1, 0.15) is 19.8 Å². The molecule has 8 nitrogen and oxygen atoms in total. The highest BCUT2D eigenvalue weighted by molar-refractivity contribution is 7.89. The lowest BCUT2D eigenvalue weighted by Crippen LogP contribution is -2.55. The van der Waals surface area contributed by atoms with Gasteiger partial charge < -0.3 is 14.6 Å². The van der Waals surface area contributed by atoms with E-state index in [1.54, 1.807) is 6.92 Å². The number of carbonyl (C=O) groups excluding carboxylic acids is 1. The second-order valence-corrected chi connectivity index (χ2v) is 6.01. The lowest BCUT2D eigenvalue weighted by Gasteiger charge is -2.23. The standard InChI is InChI=1S/C10H17NO7S/c1-2-18-8(12)3-6-19(15,16)11-10(9(13)14)4-5-17-7-10/h11H,2-7H2,1H3,(H,13,14). The van der Waals surface area contributed by atoms with Crippen LogP contribution in [0, 0.1) is 0 Å². The van der Waals surface area contributed by atoms with Gasteiger partial charge in [0, 0.05) is 13.0 Å². The molecule has 0 aromatic heterocycles.